The van der Waals surface area contributed by atoms with E-state index in [4.69, 9.17) is 11.6 Å². The molecule has 0 bridgehead atoms. The lowest BCUT2D eigenvalue weighted by molar-refractivity contribution is 0.206. The molecule has 3 N–H and O–H groups in total. The van der Waals surface area contributed by atoms with E-state index in [9.17, 15) is 9.90 Å². The third kappa shape index (κ3) is 4.34. The van der Waals surface area contributed by atoms with E-state index < -0.39 is 6.23 Å². The molecule has 2 aliphatic rings. The minimum atomic E-state index is -0.793. The molecule has 32 heavy (non-hydrogen) atoms. The van der Waals surface area contributed by atoms with Gasteiger partial charge < -0.3 is 15.3 Å². The highest BCUT2D eigenvalue weighted by Crippen LogP contribution is 2.29. The molecule has 1 fully saturated rings. The van der Waals surface area contributed by atoms with Gasteiger partial charge in [0.1, 0.15) is 12.1 Å². The van der Waals surface area contributed by atoms with Gasteiger partial charge in [-0.05, 0) is 49.2 Å². The number of aromatic amines is 1. The van der Waals surface area contributed by atoms with Gasteiger partial charge in [0.05, 0.1) is 11.4 Å². The fourth-order valence-electron chi connectivity index (χ4n) is 4.45. The number of fused-ring (bicyclic) bond motifs is 1. The number of aliphatic hydroxyl groups excluding tert-OH is 1. The number of rotatable bonds is 5. The summed E-state index contributed by atoms with van der Waals surface area (Å²) < 4.78 is 1.39. The van der Waals surface area contributed by atoms with Crippen LogP contribution in [-0.2, 0) is 6.42 Å². The Bertz CT molecular complexity index is 1200. The number of halogens is 1. The summed E-state index contributed by atoms with van der Waals surface area (Å²) in [5, 5.41) is 18.3. The summed E-state index contributed by atoms with van der Waals surface area (Å²) in [5.74, 6) is 0.855. The minimum absolute atomic E-state index is 0.156. The van der Waals surface area contributed by atoms with Crippen molar-refractivity contribution >= 4 is 23.4 Å². The van der Waals surface area contributed by atoms with Gasteiger partial charge in [-0.25, -0.2) is 4.79 Å². The number of para-hydroxylation sites is 1. The molecule has 1 unspecified atom stereocenters. The summed E-state index contributed by atoms with van der Waals surface area (Å²) in [7, 11) is 0. The Hall–Kier alpha value is -2.94. The molecule has 4 heterocycles. The molecule has 0 saturated carbocycles. The summed E-state index contributed by atoms with van der Waals surface area (Å²) in [5.41, 5.74) is 2.93. The van der Waals surface area contributed by atoms with E-state index in [1.165, 1.54) is 4.68 Å². The van der Waals surface area contributed by atoms with Crippen LogP contribution in [-0.4, -0.2) is 55.6 Å². The highest BCUT2D eigenvalue weighted by atomic mass is 35.5. The number of hydrogen-bond acceptors (Lipinski definition) is 6. The van der Waals surface area contributed by atoms with E-state index in [1.54, 1.807) is 18.3 Å². The number of piperidine rings is 1. The quantitative estimate of drug-likeness (QED) is 0.550. The molecule has 3 aromatic rings. The number of anilines is 1. The molecule has 0 spiro atoms. The van der Waals surface area contributed by atoms with E-state index in [2.05, 4.69) is 25.3 Å². The van der Waals surface area contributed by atoms with Gasteiger partial charge in [-0.15, -0.1) is 5.10 Å². The average molecular weight is 453 g/mol. The number of aromatic nitrogens is 4. The molecule has 0 aliphatic carbocycles. The van der Waals surface area contributed by atoms with Crippen molar-refractivity contribution in [1.29, 1.82) is 0 Å². The number of hydrogen-bond donors (Lipinski definition) is 3. The number of benzene rings is 1. The van der Waals surface area contributed by atoms with E-state index in [0.29, 0.717) is 22.2 Å². The van der Waals surface area contributed by atoms with Crippen molar-refractivity contribution in [2.75, 3.05) is 25.0 Å². The zero-order valence-electron chi connectivity index (χ0n) is 17.5. The Morgan fingerprint density at radius 3 is 3.06 bits per heavy atom. The van der Waals surface area contributed by atoms with Crippen LogP contribution in [0, 0.1) is 0 Å². The van der Waals surface area contributed by atoms with E-state index in [1.807, 2.05) is 30.3 Å². The maximum Gasteiger partial charge on any atom is 0.348 e. The second kappa shape index (κ2) is 8.90. The SMILES string of the molecule is O=c1[nH]c([C@H]2CCCN(CCc3cc(Cl)ccn3)C2)nn1-c1cccc2c1NC(O)C=C2. The molecule has 0 amide bonds. The highest BCUT2D eigenvalue weighted by Gasteiger charge is 2.26. The summed E-state index contributed by atoms with van der Waals surface area (Å²) in [6.07, 6.45) is 7.30. The summed E-state index contributed by atoms with van der Waals surface area (Å²) in [6, 6.07) is 9.33. The van der Waals surface area contributed by atoms with E-state index >= 15 is 0 Å². The predicted molar refractivity (Wildman–Crippen MR) is 124 cm³/mol. The average Bonchev–Trinajstić information content (AvgIpc) is 3.19. The number of pyridine rings is 1. The van der Waals surface area contributed by atoms with Crippen molar-refractivity contribution in [1.82, 2.24) is 24.6 Å². The maximum absolute atomic E-state index is 12.8. The van der Waals surface area contributed by atoms with Crippen molar-refractivity contribution in [3.8, 4) is 5.69 Å². The lowest BCUT2D eigenvalue weighted by Crippen LogP contribution is -2.36. The third-order valence-corrected chi connectivity index (χ3v) is 6.28. The first kappa shape index (κ1) is 20.9. The van der Waals surface area contributed by atoms with Crippen LogP contribution < -0.4 is 11.0 Å². The predicted octanol–water partition coefficient (Wildman–Crippen LogP) is 2.79. The molecule has 1 saturated heterocycles. The standard InChI is InChI=1S/C23H25ClN6O2/c24-17-8-10-25-18(13-17)9-12-29-11-2-4-16(14-29)22-27-23(32)30(28-22)19-5-1-3-15-6-7-20(31)26-21(15)19/h1,3,5-8,10,13,16,20,26,31H,2,4,9,11-12,14H2,(H,27,28,32)/t16-,20?/m0/s1. The Balaban J connectivity index is 1.33. The first-order chi connectivity index (χ1) is 15.6. The van der Waals surface area contributed by atoms with Crippen molar-refractivity contribution in [3.05, 3.63) is 75.2 Å². The number of H-pyrrole nitrogens is 1. The van der Waals surface area contributed by atoms with Crippen molar-refractivity contribution in [3.63, 3.8) is 0 Å². The first-order valence-electron chi connectivity index (χ1n) is 10.8. The third-order valence-electron chi connectivity index (χ3n) is 6.04. The first-order valence-corrected chi connectivity index (χ1v) is 11.2. The molecule has 2 aliphatic heterocycles. The number of nitrogens with one attached hydrogen (secondary N) is 2. The zero-order chi connectivity index (χ0) is 22.1. The second-order valence-corrected chi connectivity index (χ2v) is 8.71. The molecule has 8 nitrogen and oxygen atoms in total. The fourth-order valence-corrected chi connectivity index (χ4v) is 4.63. The topological polar surface area (TPSA) is 99.1 Å². The molecule has 2 atom stereocenters. The Kier molecular flexibility index (Phi) is 5.82. The second-order valence-electron chi connectivity index (χ2n) is 8.27. The van der Waals surface area contributed by atoms with Crippen LogP contribution in [0.5, 0.6) is 0 Å². The number of likely N-dealkylation sites (tertiary alicyclic amines) is 1. The lowest BCUT2D eigenvalue weighted by Gasteiger charge is -2.31. The summed E-state index contributed by atoms with van der Waals surface area (Å²) in [4.78, 5) is 22.5. The van der Waals surface area contributed by atoms with Gasteiger partial charge in [-0.2, -0.15) is 4.68 Å². The Morgan fingerprint density at radius 2 is 2.19 bits per heavy atom. The number of aliphatic hydroxyl groups is 1. The van der Waals surface area contributed by atoms with Gasteiger partial charge in [-0.3, -0.25) is 9.97 Å². The Morgan fingerprint density at radius 1 is 1.28 bits per heavy atom. The molecule has 0 radical (unpaired) electrons. The monoisotopic (exact) mass is 452 g/mol. The van der Waals surface area contributed by atoms with Crippen LogP contribution in [0.2, 0.25) is 5.02 Å². The van der Waals surface area contributed by atoms with Crippen molar-refractivity contribution in [2.24, 2.45) is 0 Å². The minimum Gasteiger partial charge on any atom is -0.370 e. The van der Waals surface area contributed by atoms with Crippen LogP contribution in [0.25, 0.3) is 11.8 Å². The maximum atomic E-state index is 12.8. The molecular formula is C23H25ClN6O2. The molecule has 2 aromatic heterocycles. The van der Waals surface area contributed by atoms with Gasteiger partial charge in [0.15, 0.2) is 0 Å². The van der Waals surface area contributed by atoms with Crippen LogP contribution in [0.15, 0.2) is 47.4 Å². The smallest absolute Gasteiger partial charge is 0.348 e. The summed E-state index contributed by atoms with van der Waals surface area (Å²) >= 11 is 6.07. The summed E-state index contributed by atoms with van der Waals surface area (Å²) in [6.45, 7) is 2.73. The molecule has 166 valence electrons. The van der Waals surface area contributed by atoms with Gasteiger partial charge >= 0.3 is 5.69 Å². The van der Waals surface area contributed by atoms with E-state index in [0.717, 1.165) is 50.2 Å². The van der Waals surface area contributed by atoms with Crippen LogP contribution in [0.4, 0.5) is 5.69 Å². The molecule has 9 heteroatoms. The van der Waals surface area contributed by atoms with Gasteiger partial charge in [0, 0.05) is 42.3 Å². The van der Waals surface area contributed by atoms with Crippen LogP contribution in [0.3, 0.4) is 0 Å². The Labute approximate surface area is 190 Å². The normalized spacial score (nSPS) is 20.7. The lowest BCUT2D eigenvalue weighted by atomic mass is 9.97. The molecule has 1 aromatic carbocycles. The van der Waals surface area contributed by atoms with Crippen molar-refractivity contribution in [2.45, 2.75) is 31.4 Å². The highest BCUT2D eigenvalue weighted by molar-refractivity contribution is 6.30. The van der Waals surface area contributed by atoms with Gasteiger partial charge in [-0.1, -0.05) is 29.8 Å². The van der Waals surface area contributed by atoms with Crippen LogP contribution in [0.1, 0.15) is 35.8 Å². The zero-order valence-corrected chi connectivity index (χ0v) is 18.3. The largest absolute Gasteiger partial charge is 0.370 e. The fraction of sp³-hybridized carbons (Fsp3) is 0.348. The van der Waals surface area contributed by atoms with Gasteiger partial charge in [0.25, 0.3) is 0 Å². The molecule has 5 rings (SSSR count). The van der Waals surface area contributed by atoms with Gasteiger partial charge in [0.2, 0.25) is 0 Å². The molecular weight excluding hydrogens is 428 g/mol. The number of nitrogens with zero attached hydrogens (tertiary/aromatic N) is 4. The van der Waals surface area contributed by atoms with Crippen molar-refractivity contribution < 1.29 is 5.11 Å². The van der Waals surface area contributed by atoms with Crippen LogP contribution >= 0.6 is 11.6 Å². The van der Waals surface area contributed by atoms with E-state index in [-0.39, 0.29) is 11.6 Å².